The minimum absolute atomic E-state index is 0.0138. The van der Waals surface area contributed by atoms with Crippen molar-refractivity contribution >= 4 is 0 Å². The van der Waals surface area contributed by atoms with Gasteiger partial charge in [-0.3, -0.25) is 0 Å². The molecule has 4 aliphatic rings. The van der Waals surface area contributed by atoms with Gasteiger partial charge in [-0.2, -0.15) is 0 Å². The zero-order chi connectivity index (χ0) is 15.5. The third-order valence-corrected chi connectivity index (χ3v) is 9.00. The van der Waals surface area contributed by atoms with Crippen LogP contribution in [0.2, 0.25) is 0 Å². The summed E-state index contributed by atoms with van der Waals surface area (Å²) in [7, 11) is 0. The molecule has 8 atom stereocenters. The summed E-state index contributed by atoms with van der Waals surface area (Å²) < 4.78 is 0. The van der Waals surface area contributed by atoms with Gasteiger partial charge in [0.2, 0.25) is 0 Å². The zero-order valence-corrected chi connectivity index (χ0v) is 14.6. The van der Waals surface area contributed by atoms with Crippen LogP contribution in [0.4, 0.5) is 0 Å². The first-order valence-electron chi connectivity index (χ1n) is 9.79. The third kappa shape index (κ3) is 1.93. The number of aliphatic hydroxyl groups excluding tert-OH is 1. The van der Waals surface area contributed by atoms with Crippen LogP contribution in [-0.4, -0.2) is 11.2 Å². The lowest BCUT2D eigenvalue weighted by molar-refractivity contribution is -0.124. The molecule has 0 amide bonds. The Labute approximate surface area is 136 Å². The average Bonchev–Trinajstić information content (AvgIpc) is 2.84. The van der Waals surface area contributed by atoms with Crippen LogP contribution < -0.4 is 0 Å². The lowest BCUT2D eigenvalue weighted by Gasteiger charge is -2.60. The first-order chi connectivity index (χ1) is 10.5. The second kappa shape index (κ2) is 5.10. The van der Waals surface area contributed by atoms with Crippen molar-refractivity contribution < 1.29 is 5.11 Å². The third-order valence-electron chi connectivity index (χ3n) is 9.00. The number of allylic oxidation sites excluding steroid dienone is 1. The molecule has 0 aromatic rings. The van der Waals surface area contributed by atoms with E-state index in [1.807, 2.05) is 0 Å². The predicted octanol–water partition coefficient (Wildman–Crippen LogP) is 5.19. The number of rotatable bonds is 1. The van der Waals surface area contributed by atoms with E-state index in [0.717, 1.165) is 42.4 Å². The quantitative estimate of drug-likeness (QED) is 0.661. The standard InChI is InChI=1S/C21H34O/c1-4-14-6-8-18-17-7-5-15-13-16(22)9-11-21(15,3)19(17)10-12-20(14,18)2/h4,14-19,22H,1,5-13H2,2-3H3/t14-,15-,16+,17-,18-,19-,20+,21-/m0/s1. The molecule has 0 spiro atoms. The SMILES string of the molecule is C=C[C@H]1CC[C@H]2[C@@H]3CC[C@H]4C[C@H](O)CC[C@]4(C)[C@H]3CC[C@]12C. The first kappa shape index (κ1) is 15.2. The van der Waals surface area contributed by atoms with Gasteiger partial charge in [0.1, 0.15) is 0 Å². The maximum atomic E-state index is 10.1. The number of hydrogen-bond acceptors (Lipinski definition) is 1. The van der Waals surface area contributed by atoms with Gasteiger partial charge < -0.3 is 5.11 Å². The van der Waals surface area contributed by atoms with Crippen molar-refractivity contribution in [3.8, 4) is 0 Å². The summed E-state index contributed by atoms with van der Waals surface area (Å²) in [6.45, 7) is 9.30. The van der Waals surface area contributed by atoms with E-state index in [2.05, 4.69) is 26.5 Å². The normalized spacial score (nSPS) is 57.6. The Kier molecular flexibility index (Phi) is 3.53. The van der Waals surface area contributed by atoms with Crippen LogP contribution in [0.5, 0.6) is 0 Å². The summed E-state index contributed by atoms with van der Waals surface area (Å²) in [6, 6.07) is 0. The van der Waals surface area contributed by atoms with Crippen molar-refractivity contribution in [3.05, 3.63) is 12.7 Å². The van der Waals surface area contributed by atoms with E-state index < -0.39 is 0 Å². The van der Waals surface area contributed by atoms with Crippen molar-refractivity contribution in [1.29, 1.82) is 0 Å². The molecule has 4 saturated carbocycles. The van der Waals surface area contributed by atoms with Gasteiger partial charge in [-0.15, -0.1) is 6.58 Å². The molecule has 4 aliphatic carbocycles. The molecule has 0 aromatic heterocycles. The van der Waals surface area contributed by atoms with Crippen molar-refractivity contribution in [2.24, 2.45) is 40.4 Å². The summed E-state index contributed by atoms with van der Waals surface area (Å²) in [4.78, 5) is 0. The highest BCUT2D eigenvalue weighted by Crippen LogP contribution is 2.67. The minimum Gasteiger partial charge on any atom is -0.393 e. The molecule has 0 aliphatic heterocycles. The largest absolute Gasteiger partial charge is 0.393 e. The molecule has 1 heteroatoms. The average molecular weight is 303 g/mol. The molecule has 22 heavy (non-hydrogen) atoms. The highest BCUT2D eigenvalue weighted by molar-refractivity contribution is 5.11. The maximum absolute atomic E-state index is 10.1. The molecule has 1 N–H and O–H groups in total. The lowest BCUT2D eigenvalue weighted by Crippen LogP contribution is -2.53. The summed E-state index contributed by atoms with van der Waals surface area (Å²) in [5, 5.41) is 10.1. The van der Waals surface area contributed by atoms with Crippen LogP contribution >= 0.6 is 0 Å². The maximum Gasteiger partial charge on any atom is 0.0543 e. The Morgan fingerprint density at radius 2 is 1.64 bits per heavy atom. The molecule has 0 unspecified atom stereocenters. The molecule has 124 valence electrons. The Balaban J connectivity index is 1.62. The molecule has 1 nitrogen and oxygen atoms in total. The fourth-order valence-corrected chi connectivity index (χ4v) is 7.66. The van der Waals surface area contributed by atoms with Gasteiger partial charge in [0.25, 0.3) is 0 Å². The highest BCUT2D eigenvalue weighted by Gasteiger charge is 2.59. The van der Waals surface area contributed by atoms with Crippen LogP contribution in [-0.2, 0) is 0 Å². The molecule has 4 fully saturated rings. The van der Waals surface area contributed by atoms with Crippen molar-refractivity contribution in [1.82, 2.24) is 0 Å². The second-order valence-corrected chi connectivity index (χ2v) is 9.55. The van der Waals surface area contributed by atoms with Gasteiger partial charge in [0, 0.05) is 0 Å². The molecule has 0 bridgehead atoms. The van der Waals surface area contributed by atoms with Crippen molar-refractivity contribution in [2.45, 2.75) is 77.7 Å². The van der Waals surface area contributed by atoms with Gasteiger partial charge in [0.15, 0.2) is 0 Å². The van der Waals surface area contributed by atoms with E-state index in [1.165, 1.54) is 44.9 Å². The topological polar surface area (TPSA) is 20.2 Å². The first-order valence-corrected chi connectivity index (χ1v) is 9.79. The Morgan fingerprint density at radius 1 is 0.909 bits per heavy atom. The van der Waals surface area contributed by atoms with E-state index in [4.69, 9.17) is 0 Å². The van der Waals surface area contributed by atoms with Crippen LogP contribution in [0.3, 0.4) is 0 Å². The molecule has 0 radical (unpaired) electrons. The smallest absolute Gasteiger partial charge is 0.0543 e. The summed E-state index contributed by atoms with van der Waals surface area (Å²) in [5.74, 6) is 4.38. The van der Waals surface area contributed by atoms with E-state index in [9.17, 15) is 5.11 Å². The number of aliphatic hydroxyl groups is 1. The molecule has 0 aromatic carbocycles. The second-order valence-electron chi connectivity index (χ2n) is 9.55. The van der Waals surface area contributed by atoms with Gasteiger partial charge in [-0.25, -0.2) is 0 Å². The van der Waals surface area contributed by atoms with E-state index in [-0.39, 0.29) is 6.10 Å². The summed E-state index contributed by atoms with van der Waals surface area (Å²) in [6.07, 6.45) is 14.1. The predicted molar refractivity (Wildman–Crippen MR) is 91.4 cm³/mol. The van der Waals surface area contributed by atoms with E-state index in [0.29, 0.717) is 10.8 Å². The summed E-state index contributed by atoms with van der Waals surface area (Å²) in [5.41, 5.74) is 1.07. The van der Waals surface area contributed by atoms with E-state index in [1.54, 1.807) is 0 Å². The number of fused-ring (bicyclic) bond motifs is 5. The van der Waals surface area contributed by atoms with Crippen molar-refractivity contribution in [3.63, 3.8) is 0 Å². The van der Waals surface area contributed by atoms with Gasteiger partial charge in [-0.05, 0) is 98.2 Å². The molecular formula is C21H34O. The molecule has 0 heterocycles. The molecular weight excluding hydrogens is 268 g/mol. The molecule has 0 saturated heterocycles. The Morgan fingerprint density at radius 3 is 2.41 bits per heavy atom. The van der Waals surface area contributed by atoms with Gasteiger partial charge >= 0.3 is 0 Å². The van der Waals surface area contributed by atoms with Crippen LogP contribution in [0, 0.1) is 40.4 Å². The zero-order valence-electron chi connectivity index (χ0n) is 14.6. The molecule has 4 rings (SSSR count). The fraction of sp³-hybridized carbons (Fsp3) is 0.905. The van der Waals surface area contributed by atoms with E-state index >= 15 is 0 Å². The van der Waals surface area contributed by atoms with Crippen LogP contribution in [0.15, 0.2) is 12.7 Å². The Bertz CT molecular complexity index is 457. The summed E-state index contributed by atoms with van der Waals surface area (Å²) >= 11 is 0. The monoisotopic (exact) mass is 302 g/mol. The minimum atomic E-state index is -0.0138. The van der Waals surface area contributed by atoms with Crippen LogP contribution in [0.1, 0.15) is 71.6 Å². The van der Waals surface area contributed by atoms with Crippen molar-refractivity contribution in [2.75, 3.05) is 0 Å². The highest BCUT2D eigenvalue weighted by atomic mass is 16.3. The number of hydrogen-bond donors (Lipinski definition) is 1. The lowest BCUT2D eigenvalue weighted by atomic mass is 9.44. The Hall–Kier alpha value is -0.300. The fourth-order valence-electron chi connectivity index (χ4n) is 7.66. The van der Waals surface area contributed by atoms with Crippen LogP contribution in [0.25, 0.3) is 0 Å². The van der Waals surface area contributed by atoms with Gasteiger partial charge in [-0.1, -0.05) is 19.9 Å². The van der Waals surface area contributed by atoms with Gasteiger partial charge in [0.05, 0.1) is 6.10 Å².